The molecule has 1 rings (SSSR count). The van der Waals surface area contributed by atoms with Gasteiger partial charge in [0.1, 0.15) is 5.69 Å². The first-order valence-electron chi connectivity index (χ1n) is 6.29. The van der Waals surface area contributed by atoms with Crippen LogP contribution in [0.15, 0.2) is 6.07 Å². The zero-order valence-corrected chi connectivity index (χ0v) is 11.8. The monoisotopic (exact) mass is 253 g/mol. The van der Waals surface area contributed by atoms with Crippen LogP contribution < -0.4 is 5.32 Å². The Morgan fingerprint density at radius 2 is 2.28 bits per heavy atom. The minimum absolute atomic E-state index is 0.131. The van der Waals surface area contributed by atoms with E-state index in [0.29, 0.717) is 5.69 Å². The van der Waals surface area contributed by atoms with Gasteiger partial charge in [-0.05, 0) is 25.8 Å². The number of nitrogens with zero attached hydrogens (tertiary/aromatic N) is 2. The lowest BCUT2D eigenvalue weighted by atomic mass is 9.88. The van der Waals surface area contributed by atoms with Crippen molar-refractivity contribution in [3.8, 4) is 0 Å². The van der Waals surface area contributed by atoms with Gasteiger partial charge in [-0.2, -0.15) is 5.10 Å². The van der Waals surface area contributed by atoms with E-state index in [4.69, 9.17) is 0 Å². The highest BCUT2D eigenvalue weighted by atomic mass is 16.3. The maximum absolute atomic E-state index is 12.0. The molecule has 0 aliphatic carbocycles. The van der Waals surface area contributed by atoms with E-state index in [1.165, 1.54) is 0 Å². The molecule has 0 aliphatic rings. The molecule has 1 aromatic rings. The predicted octanol–water partition coefficient (Wildman–Crippen LogP) is 1.26. The Bertz CT molecular complexity index is 424. The van der Waals surface area contributed by atoms with E-state index in [-0.39, 0.29) is 18.4 Å². The molecule has 102 valence electrons. The predicted molar refractivity (Wildman–Crippen MR) is 70.4 cm³/mol. The summed E-state index contributed by atoms with van der Waals surface area (Å²) in [6.45, 7) is 7.82. The normalized spacial score (nSPS) is 16.1. The van der Waals surface area contributed by atoms with Crippen LogP contribution in [0, 0.1) is 12.8 Å². The summed E-state index contributed by atoms with van der Waals surface area (Å²) in [7, 11) is 1.73. The molecule has 2 atom stereocenters. The van der Waals surface area contributed by atoms with Crippen molar-refractivity contribution in [3.05, 3.63) is 17.5 Å². The van der Waals surface area contributed by atoms with Gasteiger partial charge in [-0.3, -0.25) is 9.48 Å². The summed E-state index contributed by atoms with van der Waals surface area (Å²) >= 11 is 0. The van der Waals surface area contributed by atoms with Gasteiger partial charge in [0, 0.05) is 13.6 Å². The maximum Gasteiger partial charge on any atom is 0.269 e. The van der Waals surface area contributed by atoms with Gasteiger partial charge in [0.05, 0.1) is 11.3 Å². The Kier molecular flexibility index (Phi) is 4.51. The molecule has 2 unspecified atom stereocenters. The molecule has 1 amide bonds. The molecular weight excluding hydrogens is 230 g/mol. The average Bonchev–Trinajstić information content (AvgIpc) is 2.64. The lowest BCUT2D eigenvalue weighted by Crippen LogP contribution is -2.45. The van der Waals surface area contributed by atoms with Gasteiger partial charge in [-0.25, -0.2) is 0 Å². The number of carbonyl (C=O) groups is 1. The Morgan fingerprint density at radius 1 is 1.67 bits per heavy atom. The summed E-state index contributed by atoms with van der Waals surface area (Å²) in [6, 6.07) is 1.73. The summed E-state index contributed by atoms with van der Waals surface area (Å²) in [5, 5.41) is 17.1. The van der Waals surface area contributed by atoms with Crippen LogP contribution >= 0.6 is 0 Å². The number of rotatable bonds is 5. The Morgan fingerprint density at radius 3 is 2.72 bits per heavy atom. The first-order chi connectivity index (χ1) is 8.27. The molecule has 0 aliphatic heterocycles. The number of hydrogen-bond donors (Lipinski definition) is 2. The fourth-order valence-corrected chi connectivity index (χ4v) is 1.79. The van der Waals surface area contributed by atoms with E-state index in [2.05, 4.69) is 10.4 Å². The molecule has 0 bridgehead atoms. The minimum atomic E-state index is -0.891. The summed E-state index contributed by atoms with van der Waals surface area (Å²) in [4.78, 5) is 12.0. The number of aryl methyl sites for hydroxylation is 2. The van der Waals surface area contributed by atoms with Gasteiger partial charge in [0.15, 0.2) is 0 Å². The van der Waals surface area contributed by atoms with E-state index in [9.17, 15) is 9.90 Å². The molecule has 0 saturated carbocycles. The van der Waals surface area contributed by atoms with Gasteiger partial charge >= 0.3 is 0 Å². The lowest BCUT2D eigenvalue weighted by molar-refractivity contribution is 0.00583. The maximum atomic E-state index is 12.0. The van der Waals surface area contributed by atoms with E-state index < -0.39 is 5.60 Å². The van der Waals surface area contributed by atoms with E-state index in [0.717, 1.165) is 12.1 Å². The van der Waals surface area contributed by atoms with Gasteiger partial charge in [0.25, 0.3) is 5.91 Å². The van der Waals surface area contributed by atoms with Gasteiger partial charge in [-0.1, -0.05) is 20.3 Å². The molecule has 0 saturated heterocycles. The van der Waals surface area contributed by atoms with Crippen molar-refractivity contribution in [2.24, 2.45) is 13.0 Å². The van der Waals surface area contributed by atoms with E-state index in [1.807, 2.05) is 20.8 Å². The van der Waals surface area contributed by atoms with Gasteiger partial charge < -0.3 is 10.4 Å². The van der Waals surface area contributed by atoms with E-state index >= 15 is 0 Å². The second-order valence-corrected chi connectivity index (χ2v) is 5.14. The van der Waals surface area contributed by atoms with Crippen LogP contribution in [-0.2, 0) is 7.05 Å². The first-order valence-corrected chi connectivity index (χ1v) is 6.29. The summed E-state index contributed by atoms with van der Waals surface area (Å²) < 4.78 is 1.54. The number of amides is 1. The number of hydrogen-bond acceptors (Lipinski definition) is 3. The molecule has 5 heteroatoms. The number of nitrogens with one attached hydrogen (secondary N) is 1. The average molecular weight is 253 g/mol. The van der Waals surface area contributed by atoms with Crippen LogP contribution in [0.2, 0.25) is 0 Å². The van der Waals surface area contributed by atoms with Crippen molar-refractivity contribution in [2.75, 3.05) is 6.54 Å². The first kappa shape index (κ1) is 14.7. The van der Waals surface area contributed by atoms with Crippen molar-refractivity contribution in [2.45, 2.75) is 39.7 Å². The molecule has 0 spiro atoms. The third-order valence-electron chi connectivity index (χ3n) is 3.52. The van der Waals surface area contributed by atoms with Crippen LogP contribution in [0.4, 0.5) is 0 Å². The quantitative estimate of drug-likeness (QED) is 0.830. The Balaban J connectivity index is 2.64. The molecule has 5 nitrogen and oxygen atoms in total. The largest absolute Gasteiger partial charge is 0.388 e. The van der Waals surface area contributed by atoms with Crippen LogP contribution in [0.5, 0.6) is 0 Å². The van der Waals surface area contributed by atoms with Gasteiger partial charge in [0.2, 0.25) is 0 Å². The molecule has 0 aromatic carbocycles. The van der Waals surface area contributed by atoms with Crippen LogP contribution in [0.3, 0.4) is 0 Å². The summed E-state index contributed by atoms with van der Waals surface area (Å²) in [5.74, 6) is -0.0762. The SMILES string of the molecule is CCC(C)C(C)(O)CNC(=O)c1cc(C)nn1C. The third kappa shape index (κ3) is 3.32. The summed E-state index contributed by atoms with van der Waals surface area (Å²) in [6.07, 6.45) is 0.869. The standard InChI is InChI=1S/C13H23N3O2/c1-6-9(2)13(4,18)8-14-12(17)11-7-10(3)15-16(11)5/h7,9,18H,6,8H2,1-5H3,(H,14,17). The molecular formula is C13H23N3O2. The van der Waals surface area contributed by atoms with Crippen LogP contribution in [0.25, 0.3) is 0 Å². The van der Waals surface area contributed by atoms with Crippen molar-refractivity contribution >= 4 is 5.91 Å². The Labute approximate surface area is 108 Å². The highest BCUT2D eigenvalue weighted by Gasteiger charge is 2.27. The number of carbonyl (C=O) groups excluding carboxylic acids is 1. The number of aromatic nitrogens is 2. The van der Waals surface area contributed by atoms with E-state index in [1.54, 1.807) is 24.7 Å². The second-order valence-electron chi connectivity index (χ2n) is 5.14. The fourth-order valence-electron chi connectivity index (χ4n) is 1.79. The third-order valence-corrected chi connectivity index (χ3v) is 3.52. The molecule has 1 heterocycles. The zero-order chi connectivity index (χ0) is 13.9. The topological polar surface area (TPSA) is 67.2 Å². The van der Waals surface area contributed by atoms with Crippen molar-refractivity contribution < 1.29 is 9.90 Å². The highest BCUT2D eigenvalue weighted by molar-refractivity contribution is 5.92. The number of aliphatic hydroxyl groups is 1. The van der Waals surface area contributed by atoms with Crippen LogP contribution in [0.1, 0.15) is 43.4 Å². The van der Waals surface area contributed by atoms with Crippen molar-refractivity contribution in [1.29, 1.82) is 0 Å². The minimum Gasteiger partial charge on any atom is -0.388 e. The smallest absolute Gasteiger partial charge is 0.269 e. The highest BCUT2D eigenvalue weighted by Crippen LogP contribution is 2.18. The molecule has 1 aromatic heterocycles. The van der Waals surface area contributed by atoms with Crippen molar-refractivity contribution in [3.63, 3.8) is 0 Å². The Hall–Kier alpha value is -1.36. The zero-order valence-electron chi connectivity index (χ0n) is 11.8. The lowest BCUT2D eigenvalue weighted by Gasteiger charge is -2.29. The molecule has 2 N–H and O–H groups in total. The second kappa shape index (κ2) is 5.52. The van der Waals surface area contributed by atoms with Crippen LogP contribution in [-0.4, -0.2) is 32.9 Å². The van der Waals surface area contributed by atoms with Crippen molar-refractivity contribution in [1.82, 2.24) is 15.1 Å². The molecule has 0 fully saturated rings. The van der Waals surface area contributed by atoms with Gasteiger partial charge in [-0.15, -0.1) is 0 Å². The molecule has 18 heavy (non-hydrogen) atoms. The molecule has 0 radical (unpaired) electrons. The fraction of sp³-hybridized carbons (Fsp3) is 0.692. The summed E-state index contributed by atoms with van der Waals surface area (Å²) in [5.41, 5.74) is 0.418.